The van der Waals surface area contributed by atoms with E-state index in [1.807, 2.05) is 13.8 Å². The highest BCUT2D eigenvalue weighted by Gasteiger charge is 2.25. The standard InChI is InChI=1S/C18H25N5O3S2/c1-3-23(4-2)28(25,26)14-8-9-16(22-10-6-5-7-11-22)15(12-14)20-18(24)17-13-19-21-27-17/h8-9,12-13H,3-7,10-11H2,1-2H3,(H,20,24). The van der Waals surface area contributed by atoms with Crippen molar-refractivity contribution in [2.45, 2.75) is 38.0 Å². The molecule has 3 rings (SSSR count). The molecule has 0 aliphatic carbocycles. The molecule has 1 N–H and O–H groups in total. The van der Waals surface area contributed by atoms with Gasteiger partial charge in [0.05, 0.1) is 22.5 Å². The van der Waals surface area contributed by atoms with Crippen LogP contribution in [0.15, 0.2) is 29.3 Å². The molecule has 2 heterocycles. The Kier molecular flexibility index (Phi) is 6.63. The van der Waals surface area contributed by atoms with E-state index in [1.54, 1.807) is 18.2 Å². The molecule has 0 radical (unpaired) electrons. The van der Waals surface area contributed by atoms with Crippen molar-refractivity contribution in [1.82, 2.24) is 13.9 Å². The number of carbonyl (C=O) groups is 1. The van der Waals surface area contributed by atoms with E-state index in [1.165, 1.54) is 16.9 Å². The number of nitrogens with one attached hydrogen (secondary N) is 1. The van der Waals surface area contributed by atoms with Crippen molar-refractivity contribution in [2.75, 3.05) is 36.4 Å². The van der Waals surface area contributed by atoms with Gasteiger partial charge >= 0.3 is 0 Å². The van der Waals surface area contributed by atoms with E-state index in [0.717, 1.165) is 43.2 Å². The molecule has 1 aliphatic heterocycles. The first kappa shape index (κ1) is 20.7. The van der Waals surface area contributed by atoms with Gasteiger partial charge in [-0.1, -0.05) is 18.3 Å². The zero-order valence-electron chi connectivity index (χ0n) is 16.1. The van der Waals surface area contributed by atoms with Crippen LogP contribution < -0.4 is 10.2 Å². The average Bonchev–Trinajstić information content (AvgIpc) is 3.24. The maximum atomic E-state index is 12.9. The summed E-state index contributed by atoms with van der Waals surface area (Å²) in [5, 5.41) is 6.56. The number of sulfonamides is 1. The van der Waals surface area contributed by atoms with Crippen molar-refractivity contribution < 1.29 is 13.2 Å². The summed E-state index contributed by atoms with van der Waals surface area (Å²) in [6, 6.07) is 4.98. The van der Waals surface area contributed by atoms with Gasteiger partial charge in [0.15, 0.2) is 0 Å². The zero-order valence-corrected chi connectivity index (χ0v) is 17.7. The lowest BCUT2D eigenvalue weighted by Gasteiger charge is -2.31. The molecule has 8 nitrogen and oxygen atoms in total. The van der Waals surface area contributed by atoms with Gasteiger partial charge in [-0.3, -0.25) is 4.79 Å². The maximum Gasteiger partial charge on any atom is 0.269 e. The summed E-state index contributed by atoms with van der Waals surface area (Å²) in [7, 11) is -3.62. The van der Waals surface area contributed by atoms with E-state index in [9.17, 15) is 13.2 Å². The Labute approximate surface area is 169 Å². The summed E-state index contributed by atoms with van der Waals surface area (Å²) in [4.78, 5) is 15.3. The number of hydrogen-bond acceptors (Lipinski definition) is 7. The molecule has 0 saturated carbocycles. The number of hydrogen-bond donors (Lipinski definition) is 1. The fourth-order valence-electron chi connectivity index (χ4n) is 3.35. The molecule has 0 unspecified atom stereocenters. The van der Waals surface area contributed by atoms with Gasteiger partial charge in [-0.15, -0.1) is 5.10 Å². The van der Waals surface area contributed by atoms with Crippen LogP contribution in [0.4, 0.5) is 11.4 Å². The van der Waals surface area contributed by atoms with Crippen molar-refractivity contribution in [3.63, 3.8) is 0 Å². The highest BCUT2D eigenvalue weighted by molar-refractivity contribution is 7.89. The summed E-state index contributed by atoms with van der Waals surface area (Å²) in [6.45, 7) is 6.16. The minimum Gasteiger partial charge on any atom is -0.370 e. The van der Waals surface area contributed by atoms with Gasteiger partial charge in [0, 0.05) is 26.2 Å². The fourth-order valence-corrected chi connectivity index (χ4v) is 5.25. The lowest BCUT2D eigenvalue weighted by atomic mass is 10.1. The van der Waals surface area contributed by atoms with Crippen molar-refractivity contribution in [3.05, 3.63) is 29.3 Å². The van der Waals surface area contributed by atoms with Crippen LogP contribution in [0.3, 0.4) is 0 Å². The van der Waals surface area contributed by atoms with E-state index in [4.69, 9.17) is 0 Å². The molecule has 2 aromatic rings. The summed E-state index contributed by atoms with van der Waals surface area (Å²) >= 11 is 1.00. The average molecular weight is 424 g/mol. The molecule has 1 aromatic heterocycles. The first-order chi connectivity index (χ1) is 13.5. The molecule has 1 fully saturated rings. The predicted molar refractivity (Wildman–Crippen MR) is 110 cm³/mol. The number of carbonyl (C=O) groups excluding carboxylic acids is 1. The van der Waals surface area contributed by atoms with Crippen LogP contribution >= 0.6 is 11.5 Å². The summed E-state index contributed by atoms with van der Waals surface area (Å²) in [5.74, 6) is -0.342. The maximum absolute atomic E-state index is 12.9. The molecular weight excluding hydrogens is 398 g/mol. The Morgan fingerprint density at radius 3 is 2.54 bits per heavy atom. The lowest BCUT2D eigenvalue weighted by Crippen LogP contribution is -2.32. The number of anilines is 2. The first-order valence-corrected chi connectivity index (χ1v) is 11.7. The molecule has 152 valence electrons. The van der Waals surface area contributed by atoms with Gasteiger partial charge in [0.25, 0.3) is 5.91 Å². The number of benzene rings is 1. The Balaban J connectivity index is 2.00. The van der Waals surface area contributed by atoms with Crippen LogP contribution in [0.5, 0.6) is 0 Å². The highest BCUT2D eigenvalue weighted by Crippen LogP contribution is 2.32. The molecule has 0 atom stereocenters. The molecular formula is C18H25N5O3S2. The van der Waals surface area contributed by atoms with Crippen LogP contribution in [0, 0.1) is 0 Å². The Hall–Kier alpha value is -2.04. The van der Waals surface area contributed by atoms with Crippen LogP contribution in [-0.2, 0) is 10.0 Å². The molecule has 1 aromatic carbocycles. The monoisotopic (exact) mass is 423 g/mol. The third-order valence-corrected chi connectivity index (χ3v) is 7.55. The third-order valence-electron chi connectivity index (χ3n) is 4.84. The molecule has 0 spiro atoms. The highest BCUT2D eigenvalue weighted by atomic mass is 32.2. The lowest BCUT2D eigenvalue weighted by molar-refractivity contribution is 0.103. The van der Waals surface area contributed by atoms with Crippen LogP contribution in [0.2, 0.25) is 0 Å². The summed E-state index contributed by atoms with van der Waals surface area (Å²) in [6.07, 6.45) is 4.73. The van der Waals surface area contributed by atoms with Gasteiger partial charge < -0.3 is 10.2 Å². The predicted octanol–water partition coefficient (Wildman–Crippen LogP) is 2.81. The van der Waals surface area contributed by atoms with Crippen LogP contribution in [-0.4, -0.2) is 54.4 Å². The van der Waals surface area contributed by atoms with Crippen LogP contribution in [0.1, 0.15) is 42.8 Å². The molecule has 10 heteroatoms. The van der Waals surface area contributed by atoms with Crippen molar-refractivity contribution in [3.8, 4) is 0 Å². The van der Waals surface area contributed by atoms with Crippen LogP contribution in [0.25, 0.3) is 0 Å². The van der Waals surface area contributed by atoms with Gasteiger partial charge in [0.2, 0.25) is 10.0 Å². The quantitative estimate of drug-likeness (QED) is 0.736. The second-order valence-corrected chi connectivity index (χ2v) is 9.28. The Morgan fingerprint density at radius 1 is 1.21 bits per heavy atom. The van der Waals surface area contributed by atoms with Crippen molar-refractivity contribution in [2.24, 2.45) is 0 Å². The fraction of sp³-hybridized carbons (Fsp3) is 0.500. The van der Waals surface area contributed by atoms with E-state index in [-0.39, 0.29) is 10.8 Å². The van der Waals surface area contributed by atoms with Gasteiger partial charge in [-0.25, -0.2) is 8.42 Å². The molecule has 0 bridgehead atoms. The molecule has 1 aliphatic rings. The molecule has 28 heavy (non-hydrogen) atoms. The third kappa shape index (κ3) is 4.34. The topological polar surface area (TPSA) is 95.5 Å². The number of amides is 1. The summed E-state index contributed by atoms with van der Waals surface area (Å²) < 4.78 is 31.0. The largest absolute Gasteiger partial charge is 0.370 e. The minimum atomic E-state index is -3.62. The second kappa shape index (κ2) is 8.97. The normalized spacial score (nSPS) is 15.0. The Bertz CT molecular complexity index is 905. The smallest absolute Gasteiger partial charge is 0.269 e. The SMILES string of the molecule is CCN(CC)S(=O)(=O)c1ccc(N2CCCCC2)c(NC(=O)c2cnns2)c1. The second-order valence-electron chi connectivity index (χ2n) is 6.55. The number of rotatable bonds is 7. The molecule has 1 saturated heterocycles. The minimum absolute atomic E-state index is 0.176. The Morgan fingerprint density at radius 2 is 1.93 bits per heavy atom. The zero-order chi connectivity index (χ0) is 20.1. The number of piperidine rings is 1. The van der Waals surface area contributed by atoms with Gasteiger partial charge in [0.1, 0.15) is 4.88 Å². The van der Waals surface area contributed by atoms with Crippen molar-refractivity contribution >= 4 is 38.8 Å². The van der Waals surface area contributed by atoms with E-state index < -0.39 is 10.0 Å². The van der Waals surface area contributed by atoms with E-state index >= 15 is 0 Å². The van der Waals surface area contributed by atoms with E-state index in [2.05, 4.69) is 19.8 Å². The van der Waals surface area contributed by atoms with E-state index in [0.29, 0.717) is 23.7 Å². The first-order valence-electron chi connectivity index (χ1n) is 9.45. The van der Waals surface area contributed by atoms with Gasteiger partial charge in [-0.05, 0) is 49.0 Å². The number of nitrogens with zero attached hydrogens (tertiary/aromatic N) is 4. The van der Waals surface area contributed by atoms with Crippen molar-refractivity contribution in [1.29, 1.82) is 0 Å². The molecule has 1 amide bonds. The number of aromatic nitrogens is 2. The summed E-state index contributed by atoms with van der Waals surface area (Å²) in [5.41, 5.74) is 1.33. The van der Waals surface area contributed by atoms with Gasteiger partial charge in [-0.2, -0.15) is 4.31 Å².